The number of hydrogen-bond acceptors (Lipinski definition) is 8. The fourth-order valence-electron chi connectivity index (χ4n) is 3.19. The maximum atomic E-state index is 12.8. The van der Waals surface area contributed by atoms with Gasteiger partial charge in [-0.15, -0.1) is 16.4 Å². The number of amides is 2. The van der Waals surface area contributed by atoms with E-state index in [-0.39, 0.29) is 23.4 Å². The molecule has 1 aliphatic rings. The molecule has 158 valence electrons. The first-order valence-corrected chi connectivity index (χ1v) is 10.6. The molecular weight excluding hydrogens is 396 g/mol. The molecule has 0 saturated carbocycles. The molecule has 3 rings (SSSR count). The molecule has 0 spiro atoms. The van der Waals surface area contributed by atoms with Crippen LogP contribution >= 0.6 is 11.3 Å². The smallest absolute Gasteiger partial charge is 0.276 e. The highest BCUT2D eigenvalue weighted by Gasteiger charge is 2.30. The Morgan fingerprint density at radius 2 is 2.14 bits per heavy atom. The first-order valence-electron chi connectivity index (χ1n) is 9.73. The van der Waals surface area contributed by atoms with Gasteiger partial charge in [-0.2, -0.15) is 0 Å². The lowest BCUT2D eigenvalue weighted by Crippen LogP contribution is -2.43. The highest BCUT2D eigenvalue weighted by Crippen LogP contribution is 2.21. The Hall–Kier alpha value is -2.37. The third kappa shape index (κ3) is 5.81. The van der Waals surface area contributed by atoms with Crippen LogP contribution in [-0.4, -0.2) is 69.3 Å². The molecule has 1 saturated heterocycles. The zero-order chi connectivity index (χ0) is 20.6. The molecule has 11 heteroatoms. The molecule has 2 aromatic rings. The van der Waals surface area contributed by atoms with Gasteiger partial charge in [-0.3, -0.25) is 9.59 Å². The highest BCUT2D eigenvalue weighted by atomic mass is 32.1. The summed E-state index contributed by atoms with van der Waals surface area (Å²) in [6.45, 7) is 6.10. The minimum atomic E-state index is -0.441. The number of carbonyl (C=O) groups is 2. The number of nitrogens with zero attached hydrogens (tertiary/aromatic N) is 5. The molecule has 29 heavy (non-hydrogen) atoms. The highest BCUT2D eigenvalue weighted by molar-refractivity contribution is 7.13. The molecule has 1 unspecified atom stereocenters. The van der Waals surface area contributed by atoms with Crippen molar-refractivity contribution in [3.05, 3.63) is 23.5 Å². The van der Waals surface area contributed by atoms with E-state index < -0.39 is 6.29 Å². The molecule has 1 aliphatic heterocycles. The van der Waals surface area contributed by atoms with Gasteiger partial charge in [0.25, 0.3) is 5.91 Å². The van der Waals surface area contributed by atoms with E-state index in [9.17, 15) is 9.59 Å². The maximum Gasteiger partial charge on any atom is 0.276 e. The molecule has 0 bridgehead atoms. The van der Waals surface area contributed by atoms with Crippen molar-refractivity contribution < 1.29 is 19.1 Å². The van der Waals surface area contributed by atoms with Gasteiger partial charge in [-0.1, -0.05) is 5.21 Å². The van der Waals surface area contributed by atoms with Crippen LogP contribution < -0.4 is 5.32 Å². The number of likely N-dealkylation sites (tertiary alicyclic amines) is 1. The van der Waals surface area contributed by atoms with E-state index in [0.29, 0.717) is 38.0 Å². The predicted molar refractivity (Wildman–Crippen MR) is 106 cm³/mol. The molecule has 0 aromatic carbocycles. The second-order valence-electron chi connectivity index (χ2n) is 6.58. The summed E-state index contributed by atoms with van der Waals surface area (Å²) in [5.41, 5.74) is 0.248. The van der Waals surface area contributed by atoms with Gasteiger partial charge in [0.05, 0.1) is 18.7 Å². The number of nitrogens with one attached hydrogen (secondary N) is 1. The average molecular weight is 423 g/mol. The number of anilines is 1. The van der Waals surface area contributed by atoms with Crippen molar-refractivity contribution in [1.29, 1.82) is 0 Å². The number of thiazole rings is 1. The van der Waals surface area contributed by atoms with Gasteiger partial charge >= 0.3 is 0 Å². The second-order valence-corrected chi connectivity index (χ2v) is 7.48. The van der Waals surface area contributed by atoms with Gasteiger partial charge < -0.3 is 19.7 Å². The normalized spacial score (nSPS) is 16.9. The zero-order valence-electron chi connectivity index (χ0n) is 16.6. The molecular formula is C18H26N6O4S. The fourth-order valence-corrected chi connectivity index (χ4v) is 3.73. The minimum absolute atomic E-state index is 0.114. The van der Waals surface area contributed by atoms with Gasteiger partial charge in [0.1, 0.15) is 0 Å². The predicted octanol–water partition coefficient (Wildman–Crippen LogP) is 1.62. The molecule has 2 aromatic heterocycles. The van der Waals surface area contributed by atoms with Crippen LogP contribution in [0.15, 0.2) is 17.8 Å². The van der Waals surface area contributed by atoms with Crippen LogP contribution in [0.25, 0.3) is 0 Å². The first-order chi connectivity index (χ1) is 14.1. The van der Waals surface area contributed by atoms with Gasteiger partial charge in [0, 0.05) is 37.9 Å². The monoisotopic (exact) mass is 422 g/mol. The van der Waals surface area contributed by atoms with E-state index in [4.69, 9.17) is 9.47 Å². The summed E-state index contributed by atoms with van der Waals surface area (Å²) >= 11 is 1.37. The van der Waals surface area contributed by atoms with Gasteiger partial charge in [0.15, 0.2) is 17.1 Å². The average Bonchev–Trinajstić information content (AvgIpc) is 3.40. The Bertz CT molecular complexity index is 790. The quantitative estimate of drug-likeness (QED) is 0.611. The fraction of sp³-hybridized carbons (Fsp3) is 0.611. The molecule has 1 fully saturated rings. The van der Waals surface area contributed by atoms with E-state index in [0.717, 1.165) is 12.8 Å². The first kappa shape index (κ1) is 21.3. The number of rotatable bonds is 9. The van der Waals surface area contributed by atoms with Crippen LogP contribution in [0.2, 0.25) is 0 Å². The third-order valence-corrected chi connectivity index (χ3v) is 5.23. The number of aromatic nitrogens is 4. The van der Waals surface area contributed by atoms with Crippen molar-refractivity contribution in [2.45, 2.75) is 39.5 Å². The molecule has 10 nitrogen and oxygen atoms in total. The van der Waals surface area contributed by atoms with E-state index >= 15 is 0 Å². The lowest BCUT2D eigenvalue weighted by Gasteiger charge is -2.31. The van der Waals surface area contributed by atoms with Gasteiger partial charge in [-0.05, 0) is 26.7 Å². The summed E-state index contributed by atoms with van der Waals surface area (Å²) in [5, 5.41) is 13.2. The van der Waals surface area contributed by atoms with Crippen molar-refractivity contribution in [2.75, 3.05) is 31.6 Å². The van der Waals surface area contributed by atoms with Crippen LogP contribution in [-0.2, 0) is 20.8 Å². The number of hydrogen-bond donors (Lipinski definition) is 1. The van der Waals surface area contributed by atoms with Crippen LogP contribution in [0.3, 0.4) is 0 Å². The van der Waals surface area contributed by atoms with Crippen LogP contribution in [0.5, 0.6) is 0 Å². The summed E-state index contributed by atoms with van der Waals surface area (Å²) < 4.78 is 12.5. The molecule has 1 N–H and O–H groups in total. The Morgan fingerprint density at radius 1 is 1.34 bits per heavy atom. The van der Waals surface area contributed by atoms with Crippen LogP contribution in [0, 0.1) is 5.92 Å². The number of ether oxygens (including phenoxy) is 2. The van der Waals surface area contributed by atoms with E-state index in [2.05, 4.69) is 20.6 Å². The summed E-state index contributed by atoms with van der Waals surface area (Å²) in [7, 11) is 0. The Kier molecular flexibility index (Phi) is 7.67. The van der Waals surface area contributed by atoms with Crippen LogP contribution in [0.1, 0.15) is 37.2 Å². The Balaban J connectivity index is 1.58. The molecule has 0 radical (unpaired) electrons. The van der Waals surface area contributed by atoms with Crippen LogP contribution in [0.4, 0.5) is 5.13 Å². The standard InChI is InChI=1S/C18H26N6O4S/c1-3-27-15(28-4-2)12-24-11-14(21-22-24)17(26)23-8-5-6-13(10-23)16(25)20-18-19-7-9-29-18/h7,9,11,13,15H,3-6,8,10,12H2,1-2H3,(H,19,20,25). The van der Waals surface area contributed by atoms with Crippen molar-refractivity contribution in [1.82, 2.24) is 24.9 Å². The summed E-state index contributed by atoms with van der Waals surface area (Å²) in [4.78, 5) is 31.0. The van der Waals surface area contributed by atoms with Crippen molar-refractivity contribution in [2.24, 2.45) is 5.92 Å². The largest absolute Gasteiger partial charge is 0.351 e. The lowest BCUT2D eigenvalue weighted by molar-refractivity contribution is -0.145. The minimum Gasteiger partial charge on any atom is -0.351 e. The number of piperidine rings is 1. The second kappa shape index (κ2) is 10.4. The SMILES string of the molecule is CCOC(Cn1cc(C(=O)N2CCCC(C(=O)Nc3nccs3)C2)nn1)OCC. The lowest BCUT2D eigenvalue weighted by atomic mass is 9.97. The molecule has 2 amide bonds. The Morgan fingerprint density at radius 3 is 2.83 bits per heavy atom. The Labute approximate surface area is 173 Å². The van der Waals surface area contributed by atoms with Crippen molar-refractivity contribution >= 4 is 28.3 Å². The summed E-state index contributed by atoms with van der Waals surface area (Å²) in [6, 6.07) is 0. The third-order valence-electron chi connectivity index (χ3n) is 4.54. The van der Waals surface area contributed by atoms with Gasteiger partial charge in [-0.25, -0.2) is 9.67 Å². The number of carbonyl (C=O) groups excluding carboxylic acids is 2. The van der Waals surface area contributed by atoms with Crippen molar-refractivity contribution in [3.8, 4) is 0 Å². The van der Waals surface area contributed by atoms with Crippen molar-refractivity contribution in [3.63, 3.8) is 0 Å². The molecule has 3 heterocycles. The van der Waals surface area contributed by atoms with E-state index in [1.54, 1.807) is 27.4 Å². The summed E-state index contributed by atoms with van der Waals surface area (Å²) in [5.74, 6) is -0.614. The van der Waals surface area contributed by atoms with E-state index in [1.165, 1.54) is 11.3 Å². The zero-order valence-corrected chi connectivity index (χ0v) is 17.4. The topological polar surface area (TPSA) is 111 Å². The van der Waals surface area contributed by atoms with E-state index in [1.807, 2.05) is 13.8 Å². The molecule has 0 aliphatic carbocycles. The summed E-state index contributed by atoms with van der Waals surface area (Å²) in [6.07, 6.45) is 4.28. The van der Waals surface area contributed by atoms with Gasteiger partial charge in [0.2, 0.25) is 5.91 Å². The molecule has 1 atom stereocenters. The maximum absolute atomic E-state index is 12.8.